The summed E-state index contributed by atoms with van der Waals surface area (Å²) in [5, 5.41) is 8.13. The van der Waals surface area contributed by atoms with Gasteiger partial charge in [0.15, 0.2) is 0 Å². The summed E-state index contributed by atoms with van der Waals surface area (Å²) in [6.45, 7) is 5.00. The average Bonchev–Trinajstić information content (AvgIpc) is 1.87. The number of hydrogen-bond donors (Lipinski definition) is 2. The number of hydrogen-bond acceptors (Lipinski definition) is 3. The van der Waals surface area contributed by atoms with E-state index in [0.29, 0.717) is 0 Å². The van der Waals surface area contributed by atoms with Crippen molar-refractivity contribution in [2.24, 2.45) is 0 Å². The third-order valence-corrected chi connectivity index (χ3v) is 0.825. The van der Waals surface area contributed by atoms with Crippen LogP contribution in [0.25, 0.3) is 0 Å². The first-order valence-electron chi connectivity index (χ1n) is 2.89. The third-order valence-electron chi connectivity index (χ3n) is 0.825. The Morgan fingerprint density at radius 2 is 2.60 bits per heavy atom. The molecule has 0 rings (SSSR count). The summed E-state index contributed by atoms with van der Waals surface area (Å²) in [6.07, 6.45) is 1.40. The average molecular weight is 145 g/mol. The van der Waals surface area contributed by atoms with E-state index in [4.69, 9.17) is 9.94 Å². The second-order valence-electron chi connectivity index (χ2n) is 1.77. The summed E-state index contributed by atoms with van der Waals surface area (Å²) in [6, 6.07) is 0. The summed E-state index contributed by atoms with van der Waals surface area (Å²) in [7, 11) is 0. The minimum absolute atomic E-state index is 0.167. The zero-order valence-corrected chi connectivity index (χ0v) is 5.83. The van der Waals surface area contributed by atoms with E-state index in [0.717, 1.165) is 0 Å². The minimum atomic E-state index is -0.948. The minimum Gasteiger partial charge on any atom is -0.480 e. The van der Waals surface area contributed by atoms with Crippen LogP contribution in [0, 0.1) is 0 Å². The fraction of sp³-hybridized carbons (Fsp3) is 0.500. The van der Waals surface area contributed by atoms with E-state index in [9.17, 15) is 4.79 Å². The van der Waals surface area contributed by atoms with Gasteiger partial charge in [-0.05, 0) is 6.92 Å². The van der Waals surface area contributed by atoms with Crippen molar-refractivity contribution >= 4 is 5.97 Å². The van der Waals surface area contributed by atoms with Crippen LogP contribution < -0.4 is 5.48 Å². The molecule has 4 nitrogen and oxygen atoms in total. The van der Waals surface area contributed by atoms with E-state index in [1.165, 1.54) is 0 Å². The Morgan fingerprint density at radius 3 is 3.00 bits per heavy atom. The Morgan fingerprint density at radius 1 is 2.00 bits per heavy atom. The number of nitrogens with one attached hydrogen (secondary N) is 1. The topological polar surface area (TPSA) is 58.6 Å². The van der Waals surface area contributed by atoms with Gasteiger partial charge in [0.2, 0.25) is 0 Å². The molecule has 0 radical (unpaired) electrons. The van der Waals surface area contributed by atoms with Crippen LogP contribution in [0.3, 0.4) is 0 Å². The molecular formula is C6H11NO3. The van der Waals surface area contributed by atoms with Crippen molar-refractivity contribution in [1.82, 2.24) is 5.48 Å². The van der Waals surface area contributed by atoms with Crippen LogP contribution in [0.4, 0.5) is 0 Å². The molecule has 0 aromatic heterocycles. The van der Waals surface area contributed by atoms with E-state index >= 15 is 0 Å². The Hall–Kier alpha value is -0.870. The summed E-state index contributed by atoms with van der Waals surface area (Å²) >= 11 is 0. The Bertz CT molecular complexity index is 124. The van der Waals surface area contributed by atoms with Crippen LogP contribution in [-0.2, 0) is 9.63 Å². The van der Waals surface area contributed by atoms with Crippen molar-refractivity contribution in [2.75, 3.05) is 6.54 Å². The van der Waals surface area contributed by atoms with Gasteiger partial charge < -0.3 is 5.11 Å². The molecule has 0 aromatic rings. The van der Waals surface area contributed by atoms with Gasteiger partial charge in [0.05, 0.1) is 6.10 Å². The molecule has 0 bridgehead atoms. The van der Waals surface area contributed by atoms with Gasteiger partial charge in [0, 0.05) is 0 Å². The summed E-state index contributed by atoms with van der Waals surface area (Å²) in [5.74, 6) is -0.948. The smallest absolute Gasteiger partial charge is 0.319 e. The van der Waals surface area contributed by atoms with E-state index in [1.807, 2.05) is 0 Å². The molecule has 4 heteroatoms. The lowest BCUT2D eigenvalue weighted by Gasteiger charge is -2.06. The highest BCUT2D eigenvalue weighted by Gasteiger charge is 1.97. The molecule has 1 atom stereocenters. The quantitative estimate of drug-likeness (QED) is 0.427. The lowest BCUT2D eigenvalue weighted by molar-refractivity contribution is -0.139. The van der Waals surface area contributed by atoms with Crippen LogP contribution >= 0.6 is 0 Å². The highest BCUT2D eigenvalue weighted by Crippen LogP contribution is 1.85. The van der Waals surface area contributed by atoms with Crippen LogP contribution in [-0.4, -0.2) is 23.7 Å². The number of hydroxylamine groups is 1. The number of carboxylic acid groups (broad SMARTS) is 1. The maximum Gasteiger partial charge on any atom is 0.319 e. The van der Waals surface area contributed by atoms with E-state index in [2.05, 4.69) is 12.1 Å². The Kier molecular flexibility index (Phi) is 4.53. The predicted octanol–water partition coefficient (Wildman–Crippen LogP) is 0.167. The Balaban J connectivity index is 3.19. The maximum atomic E-state index is 9.90. The number of rotatable bonds is 5. The molecule has 0 heterocycles. The molecule has 0 aliphatic carbocycles. The zero-order valence-electron chi connectivity index (χ0n) is 5.83. The van der Waals surface area contributed by atoms with Gasteiger partial charge in [-0.15, -0.1) is 6.58 Å². The van der Waals surface area contributed by atoms with Gasteiger partial charge in [0.25, 0.3) is 0 Å². The highest BCUT2D eigenvalue weighted by molar-refractivity contribution is 5.68. The lowest BCUT2D eigenvalue weighted by atomic mass is 10.4. The molecule has 0 aliphatic heterocycles. The van der Waals surface area contributed by atoms with Crippen molar-refractivity contribution < 1.29 is 14.7 Å². The molecule has 0 fully saturated rings. The largest absolute Gasteiger partial charge is 0.480 e. The lowest BCUT2D eigenvalue weighted by Crippen LogP contribution is -2.26. The van der Waals surface area contributed by atoms with Gasteiger partial charge >= 0.3 is 5.97 Å². The fourth-order valence-corrected chi connectivity index (χ4v) is 0.283. The Labute approximate surface area is 59.4 Å². The summed E-state index contributed by atoms with van der Waals surface area (Å²) < 4.78 is 0. The molecular weight excluding hydrogens is 134 g/mol. The molecule has 0 spiro atoms. The molecule has 10 heavy (non-hydrogen) atoms. The van der Waals surface area contributed by atoms with Gasteiger partial charge in [-0.2, -0.15) is 5.48 Å². The SMILES string of the molecule is C=CC(C)ONCC(=O)O. The monoisotopic (exact) mass is 145 g/mol. The van der Waals surface area contributed by atoms with Crippen molar-refractivity contribution in [1.29, 1.82) is 0 Å². The van der Waals surface area contributed by atoms with E-state index < -0.39 is 5.97 Å². The first-order chi connectivity index (χ1) is 4.66. The van der Waals surface area contributed by atoms with Crippen molar-refractivity contribution in [2.45, 2.75) is 13.0 Å². The molecule has 58 valence electrons. The van der Waals surface area contributed by atoms with Gasteiger partial charge in [-0.25, -0.2) is 0 Å². The van der Waals surface area contributed by atoms with Crippen LogP contribution in [0.1, 0.15) is 6.92 Å². The molecule has 0 aliphatic rings. The van der Waals surface area contributed by atoms with Crippen LogP contribution in [0.5, 0.6) is 0 Å². The molecule has 1 unspecified atom stereocenters. The predicted molar refractivity (Wildman–Crippen MR) is 36.4 cm³/mol. The van der Waals surface area contributed by atoms with Crippen molar-refractivity contribution in [3.8, 4) is 0 Å². The van der Waals surface area contributed by atoms with Gasteiger partial charge in [0.1, 0.15) is 6.54 Å². The van der Waals surface area contributed by atoms with Crippen LogP contribution in [0.15, 0.2) is 12.7 Å². The zero-order chi connectivity index (χ0) is 7.98. The van der Waals surface area contributed by atoms with Crippen molar-refractivity contribution in [3.05, 3.63) is 12.7 Å². The molecule has 0 aromatic carbocycles. The summed E-state index contributed by atoms with van der Waals surface area (Å²) in [4.78, 5) is 14.7. The number of carboxylic acids is 1. The van der Waals surface area contributed by atoms with E-state index in [-0.39, 0.29) is 12.6 Å². The standard InChI is InChI=1S/C6H11NO3/c1-3-5(2)10-7-4-6(8)9/h3,5,7H,1,4H2,2H3,(H,8,9). The second-order valence-corrected chi connectivity index (χ2v) is 1.77. The third kappa shape index (κ3) is 5.27. The molecule has 0 saturated carbocycles. The van der Waals surface area contributed by atoms with Gasteiger partial charge in [-0.1, -0.05) is 6.08 Å². The molecule has 0 saturated heterocycles. The first kappa shape index (κ1) is 9.13. The highest BCUT2D eigenvalue weighted by atomic mass is 16.7. The molecule has 0 amide bonds. The van der Waals surface area contributed by atoms with Crippen LogP contribution in [0.2, 0.25) is 0 Å². The number of carbonyl (C=O) groups is 1. The van der Waals surface area contributed by atoms with Crippen molar-refractivity contribution in [3.63, 3.8) is 0 Å². The molecule has 2 N–H and O–H groups in total. The van der Waals surface area contributed by atoms with Gasteiger partial charge in [-0.3, -0.25) is 9.63 Å². The maximum absolute atomic E-state index is 9.90. The number of aliphatic carboxylic acids is 1. The normalized spacial score (nSPS) is 12.5. The van der Waals surface area contributed by atoms with E-state index in [1.54, 1.807) is 13.0 Å². The second kappa shape index (κ2) is 4.96. The fourth-order valence-electron chi connectivity index (χ4n) is 0.283. The first-order valence-corrected chi connectivity index (χ1v) is 2.89. The summed E-state index contributed by atoms with van der Waals surface area (Å²) in [5.41, 5.74) is 2.26.